The first-order chi connectivity index (χ1) is 15.0. The zero-order chi connectivity index (χ0) is 21.5. The van der Waals surface area contributed by atoms with Gasteiger partial charge in [0.25, 0.3) is 11.5 Å². The highest BCUT2D eigenvalue weighted by Crippen LogP contribution is 2.30. The Hall–Kier alpha value is -3.59. The van der Waals surface area contributed by atoms with Gasteiger partial charge in [0.1, 0.15) is 17.3 Å². The van der Waals surface area contributed by atoms with Gasteiger partial charge in [-0.3, -0.25) is 9.59 Å². The van der Waals surface area contributed by atoms with Crippen molar-refractivity contribution in [1.29, 1.82) is 0 Å². The van der Waals surface area contributed by atoms with Gasteiger partial charge in [0.05, 0.1) is 22.3 Å². The molecule has 158 valence electrons. The van der Waals surface area contributed by atoms with Gasteiger partial charge in [0, 0.05) is 23.6 Å². The van der Waals surface area contributed by atoms with E-state index < -0.39 is 17.5 Å². The molecule has 1 fully saturated rings. The molecule has 4 aromatic rings. The van der Waals surface area contributed by atoms with Crippen LogP contribution in [0.1, 0.15) is 34.8 Å². The highest BCUT2D eigenvalue weighted by atomic mass is 19.1. The molecule has 0 bridgehead atoms. The molecule has 3 heterocycles. The van der Waals surface area contributed by atoms with Gasteiger partial charge in [-0.1, -0.05) is 6.07 Å². The van der Waals surface area contributed by atoms with Gasteiger partial charge >= 0.3 is 0 Å². The normalized spacial score (nSPS) is 14.9. The first-order valence-electron chi connectivity index (χ1n) is 10.0. The Labute approximate surface area is 175 Å². The molecule has 1 saturated heterocycles. The van der Waals surface area contributed by atoms with E-state index in [4.69, 9.17) is 0 Å². The number of nitrogens with zero attached hydrogens (tertiary/aromatic N) is 2. The molecule has 2 aromatic carbocycles. The minimum absolute atomic E-state index is 0.144. The fourth-order valence-corrected chi connectivity index (χ4v) is 4.18. The molecule has 0 saturated carbocycles. The first kappa shape index (κ1) is 19.4. The SMILES string of the molecule is O=C(Nc1cccc2nn3c(C4CCNCC4)cc(=O)[nH]c3c12)c1cc(F)cc(F)c1. The molecule has 1 amide bonds. The first-order valence-corrected chi connectivity index (χ1v) is 10.0. The van der Waals surface area contributed by atoms with Crippen molar-refractivity contribution in [1.82, 2.24) is 19.9 Å². The second-order valence-electron chi connectivity index (χ2n) is 7.66. The average molecular weight is 423 g/mol. The third-order valence-corrected chi connectivity index (χ3v) is 5.59. The van der Waals surface area contributed by atoms with Gasteiger partial charge in [-0.15, -0.1) is 0 Å². The van der Waals surface area contributed by atoms with Gasteiger partial charge < -0.3 is 15.6 Å². The Balaban J connectivity index is 1.63. The molecular weight excluding hydrogens is 404 g/mol. The Bertz CT molecular complexity index is 1350. The van der Waals surface area contributed by atoms with Crippen LogP contribution in [0.5, 0.6) is 0 Å². The highest BCUT2D eigenvalue weighted by molar-refractivity contribution is 6.11. The van der Waals surface area contributed by atoms with Crippen LogP contribution in [0, 0.1) is 11.6 Å². The topological polar surface area (TPSA) is 91.3 Å². The van der Waals surface area contributed by atoms with Gasteiger partial charge in [0.2, 0.25) is 0 Å². The Morgan fingerprint density at radius 3 is 2.58 bits per heavy atom. The van der Waals surface area contributed by atoms with Crippen LogP contribution in [-0.2, 0) is 0 Å². The standard InChI is InChI=1S/C22H19F2N5O2/c23-14-8-13(9-15(24)10-14)22(31)26-16-2-1-3-17-20(16)21-27-19(30)11-18(29(21)28-17)12-4-6-25-7-5-12/h1-3,8-12,25H,4-7H2,(H,26,31)(H,27,30). The van der Waals surface area contributed by atoms with Crippen molar-refractivity contribution in [2.24, 2.45) is 0 Å². The average Bonchev–Trinajstić information content (AvgIpc) is 3.12. The van der Waals surface area contributed by atoms with E-state index in [2.05, 4.69) is 20.7 Å². The maximum absolute atomic E-state index is 13.5. The summed E-state index contributed by atoms with van der Waals surface area (Å²) in [5.74, 6) is -2.15. The second kappa shape index (κ2) is 7.59. The van der Waals surface area contributed by atoms with Gasteiger partial charge in [-0.05, 0) is 50.2 Å². The molecule has 31 heavy (non-hydrogen) atoms. The molecule has 3 N–H and O–H groups in total. The third-order valence-electron chi connectivity index (χ3n) is 5.59. The minimum atomic E-state index is -0.838. The van der Waals surface area contributed by atoms with Crippen LogP contribution in [-0.4, -0.2) is 33.6 Å². The van der Waals surface area contributed by atoms with Crippen molar-refractivity contribution in [2.75, 3.05) is 18.4 Å². The van der Waals surface area contributed by atoms with Gasteiger partial charge in [-0.2, -0.15) is 5.10 Å². The summed E-state index contributed by atoms with van der Waals surface area (Å²) in [5.41, 5.74) is 1.87. The predicted octanol–water partition coefficient (Wildman–Crippen LogP) is 3.17. The lowest BCUT2D eigenvalue weighted by molar-refractivity contribution is 0.102. The summed E-state index contributed by atoms with van der Waals surface area (Å²) < 4.78 is 28.8. The van der Waals surface area contributed by atoms with Crippen molar-refractivity contribution in [3.8, 4) is 0 Å². The summed E-state index contributed by atoms with van der Waals surface area (Å²) in [6.07, 6.45) is 1.78. The van der Waals surface area contributed by atoms with Crippen LogP contribution in [0.2, 0.25) is 0 Å². The number of rotatable bonds is 3. The van der Waals surface area contributed by atoms with E-state index in [1.54, 1.807) is 28.8 Å². The molecule has 9 heteroatoms. The Kier molecular flexibility index (Phi) is 4.74. The maximum atomic E-state index is 13.5. The number of carbonyl (C=O) groups is 1. The number of benzene rings is 2. The van der Waals surface area contributed by atoms with Gasteiger partial charge in [-0.25, -0.2) is 13.3 Å². The number of amides is 1. The van der Waals surface area contributed by atoms with Crippen LogP contribution < -0.4 is 16.2 Å². The molecule has 0 radical (unpaired) electrons. The third kappa shape index (κ3) is 3.57. The Morgan fingerprint density at radius 2 is 1.84 bits per heavy atom. The summed E-state index contributed by atoms with van der Waals surface area (Å²) in [6.45, 7) is 1.73. The smallest absolute Gasteiger partial charge is 0.255 e. The van der Waals surface area contributed by atoms with E-state index in [1.807, 2.05) is 0 Å². The number of hydrogen-bond acceptors (Lipinski definition) is 4. The molecule has 0 unspecified atom stereocenters. The fourth-order valence-electron chi connectivity index (χ4n) is 4.18. The zero-order valence-corrected chi connectivity index (χ0v) is 16.4. The molecule has 0 spiro atoms. The fraction of sp³-hybridized carbons (Fsp3) is 0.227. The van der Waals surface area contributed by atoms with E-state index in [0.717, 1.165) is 43.8 Å². The van der Waals surface area contributed by atoms with E-state index in [9.17, 15) is 18.4 Å². The van der Waals surface area contributed by atoms with Crippen molar-refractivity contribution in [3.05, 3.63) is 75.7 Å². The van der Waals surface area contributed by atoms with E-state index in [1.165, 1.54) is 0 Å². The van der Waals surface area contributed by atoms with E-state index >= 15 is 0 Å². The largest absolute Gasteiger partial charge is 0.321 e. The molecule has 0 atom stereocenters. The lowest BCUT2D eigenvalue weighted by Gasteiger charge is -2.23. The maximum Gasteiger partial charge on any atom is 0.255 e. The van der Waals surface area contributed by atoms with Gasteiger partial charge in [0.15, 0.2) is 0 Å². The van der Waals surface area contributed by atoms with Crippen LogP contribution in [0.4, 0.5) is 14.5 Å². The molecular formula is C22H19F2N5O2. The molecule has 1 aliphatic rings. The molecule has 7 nitrogen and oxygen atoms in total. The quantitative estimate of drug-likeness (QED) is 0.472. The summed E-state index contributed by atoms with van der Waals surface area (Å²) >= 11 is 0. The number of aromatic nitrogens is 3. The predicted molar refractivity (Wildman–Crippen MR) is 112 cm³/mol. The number of aromatic amines is 1. The van der Waals surface area contributed by atoms with Crippen molar-refractivity contribution in [2.45, 2.75) is 18.8 Å². The summed E-state index contributed by atoms with van der Waals surface area (Å²) in [6, 6.07) is 9.37. The van der Waals surface area contributed by atoms with Crippen LogP contribution >= 0.6 is 0 Å². The Morgan fingerprint density at radius 1 is 1.10 bits per heavy atom. The van der Waals surface area contributed by atoms with E-state index in [-0.39, 0.29) is 17.0 Å². The van der Waals surface area contributed by atoms with Crippen molar-refractivity contribution < 1.29 is 13.6 Å². The number of halogens is 2. The number of carbonyl (C=O) groups excluding carboxylic acids is 1. The second-order valence-corrected chi connectivity index (χ2v) is 7.66. The lowest BCUT2D eigenvalue weighted by Crippen LogP contribution is -2.28. The summed E-state index contributed by atoms with van der Waals surface area (Å²) in [7, 11) is 0. The minimum Gasteiger partial charge on any atom is -0.321 e. The number of piperidine rings is 1. The number of nitrogens with one attached hydrogen (secondary N) is 3. The van der Waals surface area contributed by atoms with Crippen molar-refractivity contribution >= 4 is 28.1 Å². The number of fused-ring (bicyclic) bond motifs is 3. The summed E-state index contributed by atoms with van der Waals surface area (Å²) in [4.78, 5) is 27.9. The number of anilines is 1. The zero-order valence-electron chi connectivity index (χ0n) is 16.4. The lowest BCUT2D eigenvalue weighted by atomic mass is 9.94. The van der Waals surface area contributed by atoms with Crippen molar-refractivity contribution in [3.63, 3.8) is 0 Å². The molecule has 0 aliphatic carbocycles. The van der Waals surface area contributed by atoms with E-state index in [0.29, 0.717) is 28.3 Å². The molecule has 5 rings (SSSR count). The number of H-pyrrole nitrogens is 1. The number of hydrogen-bond donors (Lipinski definition) is 3. The monoisotopic (exact) mass is 423 g/mol. The summed E-state index contributed by atoms with van der Waals surface area (Å²) in [5, 5.41) is 11.2. The van der Waals surface area contributed by atoms with Crippen LogP contribution in [0.25, 0.3) is 16.6 Å². The highest BCUT2D eigenvalue weighted by Gasteiger charge is 2.22. The van der Waals surface area contributed by atoms with Crippen LogP contribution in [0.15, 0.2) is 47.3 Å². The molecule has 1 aliphatic heterocycles. The van der Waals surface area contributed by atoms with Crippen LogP contribution in [0.3, 0.4) is 0 Å². The molecule has 2 aromatic heterocycles.